The predicted octanol–water partition coefficient (Wildman–Crippen LogP) is 24.0. The van der Waals surface area contributed by atoms with Crippen LogP contribution in [0.4, 0.5) is 5.95 Å². The second-order valence-corrected chi connectivity index (χ2v) is 38.9. The van der Waals surface area contributed by atoms with Gasteiger partial charge in [-0.3, -0.25) is 24.3 Å². The fraction of sp³-hybridized carbons (Fsp3) is 0.411. The zero-order valence-electron chi connectivity index (χ0n) is 86.3. The Hall–Kier alpha value is -13.3. The summed E-state index contributed by atoms with van der Waals surface area (Å²) in [6.45, 7) is 54.0. The zero-order chi connectivity index (χ0) is 98.9. The molecule has 0 N–H and O–H groups in total. The Bertz CT molecular complexity index is 6950. The summed E-state index contributed by atoms with van der Waals surface area (Å²) in [7, 11) is 13.5. The van der Waals surface area contributed by atoms with Crippen molar-refractivity contribution in [3.05, 3.63) is 274 Å². The maximum Gasteiger partial charge on any atom is 0.260 e. The molecule has 25 heteroatoms. The van der Waals surface area contributed by atoms with Crippen LogP contribution in [0, 0.1) is 27.7 Å². The van der Waals surface area contributed by atoms with Crippen LogP contribution < -0.4 is 19.9 Å². The molecule has 2 fully saturated rings. The van der Waals surface area contributed by atoms with Crippen LogP contribution in [-0.2, 0) is 28.2 Å². The van der Waals surface area contributed by atoms with Crippen LogP contribution in [0.3, 0.4) is 0 Å². The summed E-state index contributed by atoms with van der Waals surface area (Å²) in [5.74, 6) is 7.53. The van der Waals surface area contributed by atoms with Gasteiger partial charge in [-0.2, -0.15) is 15.3 Å². The molecule has 3 aromatic carbocycles. The Kier molecular flexibility index (Phi) is 34.9. The lowest BCUT2D eigenvalue weighted by atomic mass is 10.0. The smallest absolute Gasteiger partial charge is 0.260 e. The molecule has 720 valence electrons. The first kappa shape index (κ1) is 103. The molecule has 0 unspecified atom stereocenters. The highest BCUT2D eigenvalue weighted by atomic mass is 16.5. The number of benzene rings is 3. The van der Waals surface area contributed by atoms with Crippen LogP contribution in [0.1, 0.15) is 247 Å². The van der Waals surface area contributed by atoms with Gasteiger partial charge in [0.05, 0.1) is 65.6 Å². The van der Waals surface area contributed by atoms with Gasteiger partial charge in [0.1, 0.15) is 22.8 Å². The summed E-state index contributed by atoms with van der Waals surface area (Å²) in [4.78, 5) is 64.1. The number of likely N-dealkylation sites (tertiary alicyclic amines) is 1. The number of aromatic nitrogens is 19. The fourth-order valence-electron chi connectivity index (χ4n) is 16.9. The van der Waals surface area contributed by atoms with Crippen molar-refractivity contribution >= 4 is 71.8 Å². The molecule has 0 spiro atoms. The number of likely N-dealkylation sites (N-methyl/N-ethyl adjacent to an activating group) is 1. The second kappa shape index (κ2) is 46.5. The van der Waals surface area contributed by atoms with E-state index in [0.29, 0.717) is 76.2 Å². The van der Waals surface area contributed by atoms with Gasteiger partial charge in [0.25, 0.3) is 5.56 Å². The van der Waals surface area contributed by atoms with Crippen LogP contribution >= 0.6 is 0 Å². The average Bonchev–Trinajstić information content (AvgIpc) is 1.72. The predicted molar refractivity (Wildman–Crippen MR) is 563 cm³/mol. The number of piperazine rings is 1. The van der Waals surface area contributed by atoms with E-state index in [9.17, 15) is 4.79 Å². The van der Waals surface area contributed by atoms with Crippen LogP contribution in [0.15, 0.2) is 206 Å². The first-order valence-corrected chi connectivity index (χ1v) is 48.4. The second-order valence-electron chi connectivity index (χ2n) is 38.9. The number of hydrogen-bond donors (Lipinski definition) is 0. The number of hydrogen-bond acceptors (Lipinski definition) is 19. The number of methoxy groups -OCH3 is 2. The molecule has 2 saturated heterocycles. The molecule has 1 atom stereocenters. The van der Waals surface area contributed by atoms with Gasteiger partial charge in [-0.05, 0) is 277 Å². The van der Waals surface area contributed by atoms with E-state index in [-0.39, 0.29) is 11.6 Å². The maximum atomic E-state index is 11.9. The molecule has 14 aromatic heterocycles. The Labute approximate surface area is 810 Å². The van der Waals surface area contributed by atoms with Crippen molar-refractivity contribution in [3.8, 4) is 45.5 Å². The third-order valence-corrected chi connectivity index (χ3v) is 25.6. The normalized spacial score (nSPS) is 13.4. The van der Waals surface area contributed by atoms with Gasteiger partial charge >= 0.3 is 0 Å². The molecule has 19 rings (SSSR count). The molecule has 0 radical (unpaired) electrons. The number of imidazole rings is 1. The number of rotatable bonds is 16. The highest BCUT2D eigenvalue weighted by molar-refractivity contribution is 5.86. The number of nitrogens with zero attached hydrogens (tertiary/aromatic N) is 22. The Balaban J connectivity index is 0.000000141. The van der Waals surface area contributed by atoms with E-state index >= 15 is 0 Å². The molecule has 17 aromatic rings. The third-order valence-electron chi connectivity index (χ3n) is 25.6. The molecular weight excluding hydrogens is 1700 g/mol. The minimum atomic E-state index is 0.0330. The topological polar surface area (TPSA) is 242 Å². The molecule has 2 aliphatic rings. The highest BCUT2D eigenvalue weighted by Crippen LogP contribution is 2.35. The average molecular weight is 1850 g/mol. The third kappa shape index (κ3) is 25.5. The number of fused-ring (bicyclic) bond motifs is 6. The van der Waals surface area contributed by atoms with E-state index in [1.807, 2.05) is 119 Å². The van der Waals surface area contributed by atoms with Crippen molar-refractivity contribution in [2.45, 2.75) is 218 Å². The molecule has 2 aliphatic heterocycles. The van der Waals surface area contributed by atoms with Gasteiger partial charge in [-0.25, -0.2) is 39.9 Å². The lowest BCUT2D eigenvalue weighted by Crippen LogP contribution is -2.49. The van der Waals surface area contributed by atoms with Crippen molar-refractivity contribution in [1.29, 1.82) is 0 Å². The SMILES string of the molecule is CC(C)c1ccnc(N2CCN(C(C)C)CC2)n1.CC(C)c1cnnc(-c2ccc3c(cnn3C)c2)c1.CC(C)n1ccc2ccncc2c1=O.COc1ccc(-c2nccc(C(C)C)n2)cc1OC.Cc1cc2cc(C(C)C)cnc2n1C.Cc1cn(C)c2nc(-c3cc(C(C)C)ccn3)ccc12.Cc1cn(C)c2nc(C(C)C)ccc12.Cc1nc2ccc(C(C)C)cc2n1[C@H]1CCN(C)C1. The first-order chi connectivity index (χ1) is 65.4. The van der Waals surface area contributed by atoms with Gasteiger partial charge in [0.2, 0.25) is 5.95 Å². The first-order valence-electron chi connectivity index (χ1n) is 48.4. The number of aryl methyl sites for hydroxylation is 8. The lowest BCUT2D eigenvalue weighted by Gasteiger charge is -2.37. The van der Waals surface area contributed by atoms with Gasteiger partial charge in [0.15, 0.2) is 17.3 Å². The monoisotopic (exact) mass is 1850 g/mol. The van der Waals surface area contributed by atoms with Crippen molar-refractivity contribution in [3.63, 3.8) is 0 Å². The molecule has 0 amide bonds. The summed E-state index contributed by atoms with van der Waals surface area (Å²) >= 11 is 0. The molecule has 137 heavy (non-hydrogen) atoms. The number of ether oxygens (including phenoxy) is 2. The van der Waals surface area contributed by atoms with E-state index in [1.54, 1.807) is 37.4 Å². The highest BCUT2D eigenvalue weighted by Gasteiger charge is 2.26. The molecule has 25 nitrogen and oxygen atoms in total. The largest absolute Gasteiger partial charge is 0.493 e. The molecular formula is C112H144N22O3. The van der Waals surface area contributed by atoms with Crippen molar-refractivity contribution in [1.82, 2.24) is 102 Å². The minimum Gasteiger partial charge on any atom is -0.493 e. The number of anilines is 1. The Morgan fingerprint density at radius 3 is 1.67 bits per heavy atom. The fourth-order valence-corrected chi connectivity index (χ4v) is 16.9. The van der Waals surface area contributed by atoms with E-state index in [0.717, 1.165) is 123 Å². The van der Waals surface area contributed by atoms with E-state index in [4.69, 9.17) is 19.4 Å². The van der Waals surface area contributed by atoms with Gasteiger partial charge < -0.3 is 42.1 Å². The van der Waals surface area contributed by atoms with Crippen LogP contribution in [0.5, 0.6) is 11.5 Å². The molecule has 0 aliphatic carbocycles. The van der Waals surface area contributed by atoms with Gasteiger partial charge in [-0.15, -0.1) is 0 Å². The Morgan fingerprint density at radius 2 is 1.04 bits per heavy atom. The summed E-state index contributed by atoms with van der Waals surface area (Å²) in [5, 5.41) is 19.0. The lowest BCUT2D eigenvalue weighted by molar-refractivity contribution is 0.208. The van der Waals surface area contributed by atoms with Gasteiger partial charge in [0, 0.05) is 190 Å². The van der Waals surface area contributed by atoms with Crippen LogP contribution in [0.2, 0.25) is 0 Å². The van der Waals surface area contributed by atoms with Crippen molar-refractivity contribution in [2.24, 2.45) is 28.2 Å². The minimum absolute atomic E-state index is 0.0330. The van der Waals surface area contributed by atoms with Crippen molar-refractivity contribution in [2.75, 3.05) is 65.4 Å². The summed E-state index contributed by atoms with van der Waals surface area (Å²) < 4.78 is 22.8. The van der Waals surface area contributed by atoms with E-state index in [1.165, 1.54) is 79.4 Å². The maximum absolute atomic E-state index is 11.9. The molecule has 0 saturated carbocycles. The zero-order valence-corrected chi connectivity index (χ0v) is 86.3. The van der Waals surface area contributed by atoms with Gasteiger partial charge in [-0.1, -0.05) is 109 Å². The summed E-state index contributed by atoms with van der Waals surface area (Å²) in [5.41, 5.74) is 23.9. The van der Waals surface area contributed by atoms with E-state index < -0.39 is 0 Å². The van der Waals surface area contributed by atoms with Crippen LogP contribution in [0.25, 0.3) is 99.8 Å². The standard InChI is InChI=1S/C17H19N3.C16H23N3.C15H16N4.C15H18N2O2.C14H24N4.2C12H16N2.C11H12N2O/c1-11(2)13-7-8-18-16(9-13)15-6-5-14-12(3)10-20(4)17(14)19-15;1-11(2)13-5-6-15-16(9-13)19(12(3)17-15)14-7-8-18(4)10-14;1-10(2)12-7-14(18-16-8-12)11-4-5-15-13(6-11)9-17-19(15)3;1-10(2)12-7-8-16-15(17-12)11-5-6-13(18-3)14(9-11)19-4;1-11(2)13-5-6-15-14(16-13)18-9-7-17(8-10-18)12(3)4;1-8(2)11-6-10-5-9(3)14(4)12(10)13-7-11;1-8(2)11-6-5-10-9(3)7-14(4)12(10)13-11;1-8(2)13-6-4-9-3-5-12-7-10(9)11(13)14/h5-11H,1-4H3;5-6,9,11,14H,7-8,10H2,1-4H3;4-10H,1-3H3;5-10H,1-4H3;5-6,11-12H,7-10H2,1-4H3;2*5-8H,1-4H3;3-8H,1-2H3/t;14-;;;;;;/m.0....../s1. The molecule has 16 heterocycles. The number of pyridine rings is 6. The Morgan fingerprint density at radius 1 is 0.423 bits per heavy atom. The molecule has 0 bridgehead atoms. The van der Waals surface area contributed by atoms with Crippen LogP contribution in [-0.4, -0.2) is 169 Å². The van der Waals surface area contributed by atoms with Crippen molar-refractivity contribution < 1.29 is 9.47 Å². The quantitative estimate of drug-likeness (QED) is 0.0873. The summed E-state index contributed by atoms with van der Waals surface area (Å²) in [6.07, 6.45) is 21.8. The summed E-state index contributed by atoms with van der Waals surface area (Å²) in [6, 6.07) is 47.0. The van der Waals surface area contributed by atoms with E-state index in [2.05, 4.69) is 344 Å².